The van der Waals surface area contributed by atoms with E-state index < -0.39 is 0 Å². The van der Waals surface area contributed by atoms with Gasteiger partial charge in [0, 0.05) is 38.7 Å². The minimum Gasteiger partial charge on any atom is -0.489 e. The molecule has 0 bridgehead atoms. The van der Waals surface area contributed by atoms with Crippen molar-refractivity contribution in [2.45, 2.75) is 19.7 Å². The average molecular weight is 451 g/mol. The van der Waals surface area contributed by atoms with Gasteiger partial charge in [-0.2, -0.15) is 0 Å². The molecule has 0 aromatic heterocycles. The molecule has 0 amide bonds. The molecule has 0 spiro atoms. The van der Waals surface area contributed by atoms with E-state index >= 15 is 0 Å². The van der Waals surface area contributed by atoms with Gasteiger partial charge in [0.1, 0.15) is 12.4 Å². The Hall–Kier alpha value is -1.52. The lowest BCUT2D eigenvalue weighted by molar-refractivity contribution is 0.302. The van der Waals surface area contributed by atoms with Crippen LogP contribution in [0.4, 0.5) is 0 Å². The Morgan fingerprint density at radius 3 is 2.08 bits per heavy atom. The van der Waals surface area contributed by atoms with E-state index in [9.17, 15) is 0 Å². The van der Waals surface area contributed by atoms with Gasteiger partial charge in [-0.1, -0.05) is 75.5 Å². The molecule has 5 heteroatoms. The highest BCUT2D eigenvalue weighted by Crippen LogP contribution is 2.25. The van der Waals surface area contributed by atoms with E-state index in [0.29, 0.717) is 24.7 Å². The van der Waals surface area contributed by atoms with E-state index in [0.717, 1.165) is 31.9 Å². The Balaban J connectivity index is 1.66. The highest BCUT2D eigenvalue weighted by Gasteiger charge is 2.07. The summed E-state index contributed by atoms with van der Waals surface area (Å²) in [6, 6.07) is 21.5. The predicted octanol–water partition coefficient (Wildman–Crippen LogP) is 6.62. The SMILES string of the molecule is Clc1ccccc1CNCc1cc(Br)ccc1OCc1ccccc1Cl. The predicted molar refractivity (Wildman–Crippen MR) is 112 cm³/mol. The van der Waals surface area contributed by atoms with Crippen molar-refractivity contribution in [1.29, 1.82) is 0 Å². The Morgan fingerprint density at radius 1 is 0.769 bits per heavy atom. The van der Waals surface area contributed by atoms with Crippen molar-refractivity contribution < 1.29 is 4.74 Å². The van der Waals surface area contributed by atoms with E-state index in [2.05, 4.69) is 27.3 Å². The summed E-state index contributed by atoms with van der Waals surface area (Å²) in [4.78, 5) is 0. The smallest absolute Gasteiger partial charge is 0.124 e. The first-order valence-electron chi connectivity index (χ1n) is 8.22. The zero-order valence-electron chi connectivity index (χ0n) is 14.0. The van der Waals surface area contributed by atoms with E-state index in [1.807, 2.05) is 60.7 Å². The lowest BCUT2D eigenvalue weighted by Gasteiger charge is -2.14. The number of halogens is 3. The molecular formula is C21H18BrCl2NO. The summed E-state index contributed by atoms with van der Waals surface area (Å²) in [5.74, 6) is 0.833. The van der Waals surface area contributed by atoms with E-state index in [1.165, 1.54) is 0 Å². The van der Waals surface area contributed by atoms with Crippen LogP contribution in [0.5, 0.6) is 5.75 Å². The molecule has 0 aliphatic rings. The molecule has 0 aliphatic heterocycles. The normalized spacial score (nSPS) is 10.7. The van der Waals surface area contributed by atoms with Crippen LogP contribution in [-0.2, 0) is 19.7 Å². The van der Waals surface area contributed by atoms with Gasteiger partial charge in [0.15, 0.2) is 0 Å². The molecule has 0 saturated carbocycles. The van der Waals surface area contributed by atoms with Gasteiger partial charge in [-0.25, -0.2) is 0 Å². The first-order chi connectivity index (χ1) is 12.6. The Bertz CT molecular complexity index is 885. The molecule has 134 valence electrons. The Kier molecular flexibility index (Phi) is 6.98. The number of rotatable bonds is 7. The van der Waals surface area contributed by atoms with Crippen LogP contribution in [0.25, 0.3) is 0 Å². The van der Waals surface area contributed by atoms with Crippen molar-refractivity contribution in [3.05, 3.63) is 97.9 Å². The lowest BCUT2D eigenvalue weighted by atomic mass is 10.1. The second-order valence-corrected chi connectivity index (χ2v) is 7.56. The fourth-order valence-electron chi connectivity index (χ4n) is 2.57. The fraction of sp³-hybridized carbons (Fsp3) is 0.143. The summed E-state index contributed by atoms with van der Waals surface area (Å²) in [5.41, 5.74) is 3.10. The quantitative estimate of drug-likeness (QED) is 0.436. The summed E-state index contributed by atoms with van der Waals surface area (Å²) in [6.45, 7) is 1.79. The van der Waals surface area contributed by atoms with Crippen molar-refractivity contribution in [2.75, 3.05) is 0 Å². The molecule has 0 unspecified atom stereocenters. The fourth-order valence-corrected chi connectivity index (χ4v) is 3.37. The maximum atomic E-state index is 6.21. The van der Waals surface area contributed by atoms with Gasteiger partial charge in [-0.05, 0) is 35.9 Å². The minimum atomic E-state index is 0.429. The Labute approximate surface area is 172 Å². The molecule has 0 heterocycles. The van der Waals surface area contributed by atoms with Crippen LogP contribution in [0.2, 0.25) is 10.0 Å². The molecule has 0 radical (unpaired) electrons. The highest BCUT2D eigenvalue weighted by molar-refractivity contribution is 9.10. The van der Waals surface area contributed by atoms with Crippen LogP contribution < -0.4 is 10.1 Å². The lowest BCUT2D eigenvalue weighted by Crippen LogP contribution is -2.14. The first kappa shape index (κ1) is 19.2. The van der Waals surface area contributed by atoms with Crippen LogP contribution in [-0.4, -0.2) is 0 Å². The van der Waals surface area contributed by atoms with Crippen LogP contribution >= 0.6 is 39.1 Å². The van der Waals surface area contributed by atoms with Crippen LogP contribution in [0.15, 0.2) is 71.2 Å². The largest absolute Gasteiger partial charge is 0.489 e. The molecule has 0 aliphatic carbocycles. The van der Waals surface area contributed by atoms with Gasteiger partial charge in [0.2, 0.25) is 0 Å². The molecular weight excluding hydrogens is 433 g/mol. The van der Waals surface area contributed by atoms with Gasteiger partial charge < -0.3 is 10.1 Å². The third kappa shape index (κ3) is 5.24. The van der Waals surface area contributed by atoms with Crippen LogP contribution in [0, 0.1) is 0 Å². The van der Waals surface area contributed by atoms with E-state index in [4.69, 9.17) is 27.9 Å². The molecule has 26 heavy (non-hydrogen) atoms. The second kappa shape index (κ2) is 9.43. The van der Waals surface area contributed by atoms with Crippen molar-refractivity contribution in [3.63, 3.8) is 0 Å². The van der Waals surface area contributed by atoms with Gasteiger partial charge in [0.05, 0.1) is 0 Å². The third-order valence-corrected chi connectivity index (χ3v) is 5.18. The number of hydrogen-bond acceptors (Lipinski definition) is 2. The summed E-state index contributed by atoms with van der Waals surface area (Å²) in [6.07, 6.45) is 0. The second-order valence-electron chi connectivity index (χ2n) is 5.83. The van der Waals surface area contributed by atoms with E-state index in [1.54, 1.807) is 0 Å². The molecule has 0 atom stereocenters. The van der Waals surface area contributed by atoms with Crippen molar-refractivity contribution in [1.82, 2.24) is 5.32 Å². The third-order valence-electron chi connectivity index (χ3n) is 3.95. The number of benzene rings is 3. The summed E-state index contributed by atoms with van der Waals surface area (Å²) in [7, 11) is 0. The number of nitrogens with one attached hydrogen (secondary N) is 1. The van der Waals surface area contributed by atoms with Crippen LogP contribution in [0.1, 0.15) is 16.7 Å². The minimum absolute atomic E-state index is 0.429. The van der Waals surface area contributed by atoms with Crippen molar-refractivity contribution in [2.24, 2.45) is 0 Å². The molecule has 2 nitrogen and oxygen atoms in total. The standard InChI is InChI=1S/C21H18BrCl2NO/c22-18-9-10-21(26-14-16-6-2-4-8-20(16)24)17(11-18)13-25-12-15-5-1-3-7-19(15)23/h1-11,25H,12-14H2. The maximum Gasteiger partial charge on any atom is 0.124 e. The molecule has 3 aromatic carbocycles. The zero-order valence-corrected chi connectivity index (χ0v) is 17.1. The molecule has 0 fully saturated rings. The van der Waals surface area contributed by atoms with Crippen LogP contribution in [0.3, 0.4) is 0 Å². The monoisotopic (exact) mass is 449 g/mol. The number of hydrogen-bond donors (Lipinski definition) is 1. The first-order valence-corrected chi connectivity index (χ1v) is 9.77. The molecule has 3 rings (SSSR count). The van der Waals surface area contributed by atoms with Gasteiger partial charge in [0.25, 0.3) is 0 Å². The van der Waals surface area contributed by atoms with Crippen molar-refractivity contribution >= 4 is 39.1 Å². The average Bonchev–Trinajstić information content (AvgIpc) is 2.64. The molecule has 0 saturated heterocycles. The topological polar surface area (TPSA) is 21.3 Å². The van der Waals surface area contributed by atoms with Gasteiger partial charge >= 0.3 is 0 Å². The molecule has 1 N–H and O–H groups in total. The summed E-state index contributed by atoms with van der Waals surface area (Å²) >= 11 is 15.9. The zero-order chi connectivity index (χ0) is 18.4. The van der Waals surface area contributed by atoms with E-state index in [-0.39, 0.29) is 0 Å². The Morgan fingerprint density at radius 2 is 1.38 bits per heavy atom. The number of ether oxygens (including phenoxy) is 1. The van der Waals surface area contributed by atoms with Crippen molar-refractivity contribution in [3.8, 4) is 5.75 Å². The van der Waals surface area contributed by atoms with Gasteiger partial charge in [-0.15, -0.1) is 0 Å². The highest BCUT2D eigenvalue weighted by atomic mass is 79.9. The molecule has 3 aromatic rings. The summed E-state index contributed by atoms with van der Waals surface area (Å²) in [5, 5.41) is 4.90. The maximum absolute atomic E-state index is 6.21. The van der Waals surface area contributed by atoms with Gasteiger partial charge in [-0.3, -0.25) is 0 Å². The summed E-state index contributed by atoms with van der Waals surface area (Å²) < 4.78 is 7.03.